The predicted octanol–water partition coefficient (Wildman–Crippen LogP) is 1.56. The van der Waals surface area contributed by atoms with Crippen molar-refractivity contribution in [2.24, 2.45) is 5.92 Å². The molecule has 1 saturated carbocycles. The Balaban J connectivity index is 1.52. The summed E-state index contributed by atoms with van der Waals surface area (Å²) < 4.78 is 43.9. The van der Waals surface area contributed by atoms with Gasteiger partial charge in [-0.1, -0.05) is 6.92 Å². The van der Waals surface area contributed by atoms with E-state index in [0.717, 1.165) is 25.0 Å². The van der Waals surface area contributed by atoms with E-state index in [4.69, 9.17) is 4.74 Å². The maximum absolute atomic E-state index is 12.7. The second kappa shape index (κ2) is 8.89. The van der Waals surface area contributed by atoms with Gasteiger partial charge in [0.25, 0.3) is 0 Å². The second-order valence-electron chi connectivity index (χ2n) is 7.76. The highest BCUT2D eigenvalue weighted by Gasteiger charge is 2.39. The Morgan fingerprint density at radius 3 is 2.54 bits per heavy atom. The SMILES string of the molecule is CC1CCC(NC[C@H]2OC[C@H](Nc3cncc(C(F)(F)F)n3)[C@@H](O)[C@H]2O)CC1. The first-order valence-electron chi connectivity index (χ1n) is 9.61. The molecule has 0 unspecified atom stereocenters. The molecule has 2 heterocycles. The number of aliphatic hydroxyl groups excluding tert-OH is 2. The Hall–Kier alpha value is -1.49. The fourth-order valence-electron chi connectivity index (χ4n) is 3.70. The van der Waals surface area contributed by atoms with Crippen LogP contribution in [0.2, 0.25) is 0 Å². The predicted molar refractivity (Wildman–Crippen MR) is 95.6 cm³/mol. The minimum absolute atomic E-state index is 0.0319. The summed E-state index contributed by atoms with van der Waals surface area (Å²) in [5, 5.41) is 26.8. The molecule has 10 heteroatoms. The van der Waals surface area contributed by atoms with Crippen molar-refractivity contribution in [1.82, 2.24) is 15.3 Å². The van der Waals surface area contributed by atoms with Gasteiger partial charge in [0.2, 0.25) is 0 Å². The highest BCUT2D eigenvalue weighted by molar-refractivity contribution is 5.34. The third-order valence-corrected chi connectivity index (χ3v) is 5.51. The minimum atomic E-state index is -4.61. The molecule has 28 heavy (non-hydrogen) atoms. The van der Waals surface area contributed by atoms with Gasteiger partial charge in [0.1, 0.15) is 18.0 Å². The molecule has 1 aliphatic carbocycles. The van der Waals surface area contributed by atoms with E-state index in [9.17, 15) is 23.4 Å². The third-order valence-electron chi connectivity index (χ3n) is 5.51. The summed E-state index contributed by atoms with van der Waals surface area (Å²) in [6.45, 7) is 2.68. The summed E-state index contributed by atoms with van der Waals surface area (Å²) in [5.74, 6) is 0.602. The second-order valence-corrected chi connectivity index (χ2v) is 7.76. The normalized spacial score (nSPS) is 34.2. The molecule has 1 saturated heterocycles. The largest absolute Gasteiger partial charge is 0.434 e. The molecule has 0 spiro atoms. The first-order valence-corrected chi connectivity index (χ1v) is 9.61. The van der Waals surface area contributed by atoms with E-state index in [1.54, 1.807) is 0 Å². The van der Waals surface area contributed by atoms with Gasteiger partial charge >= 0.3 is 6.18 Å². The molecule has 0 radical (unpaired) electrons. The Bertz CT molecular complexity index is 641. The van der Waals surface area contributed by atoms with Crippen LogP contribution in [-0.4, -0.2) is 63.7 Å². The number of ether oxygens (including phenoxy) is 1. The van der Waals surface area contributed by atoms with E-state index < -0.39 is 36.2 Å². The van der Waals surface area contributed by atoms with Crippen molar-refractivity contribution < 1.29 is 28.1 Å². The number of hydrogen-bond acceptors (Lipinski definition) is 7. The molecular weight excluding hydrogens is 377 g/mol. The maximum atomic E-state index is 12.7. The van der Waals surface area contributed by atoms with E-state index in [1.807, 2.05) is 0 Å². The molecule has 7 nitrogen and oxygen atoms in total. The van der Waals surface area contributed by atoms with Crippen molar-refractivity contribution in [1.29, 1.82) is 0 Å². The molecule has 158 valence electrons. The standard InChI is InChI=1S/C18H27F3N4O3/c1-10-2-4-11(5-3-10)23-6-13-17(27)16(26)12(9-28-13)24-15-8-22-7-14(25-15)18(19,20)21/h7-8,10-13,16-17,23,26-27H,2-6,9H2,1H3,(H,24,25)/t10?,11?,12-,13+,16+,17-/m0/s1. The molecule has 0 amide bonds. The first kappa shape index (κ1) is 21.2. The lowest BCUT2D eigenvalue weighted by atomic mass is 9.87. The average molecular weight is 404 g/mol. The summed E-state index contributed by atoms with van der Waals surface area (Å²) in [5.41, 5.74) is -1.13. The Morgan fingerprint density at radius 1 is 1.14 bits per heavy atom. The van der Waals surface area contributed by atoms with Gasteiger partial charge in [0, 0.05) is 12.6 Å². The fourth-order valence-corrected chi connectivity index (χ4v) is 3.70. The maximum Gasteiger partial charge on any atom is 0.434 e. The number of rotatable bonds is 5. The zero-order chi connectivity index (χ0) is 20.3. The molecule has 4 atom stereocenters. The zero-order valence-corrected chi connectivity index (χ0v) is 15.7. The topological polar surface area (TPSA) is 99.5 Å². The van der Waals surface area contributed by atoms with Crippen molar-refractivity contribution in [3.63, 3.8) is 0 Å². The van der Waals surface area contributed by atoms with E-state index in [1.165, 1.54) is 12.8 Å². The van der Waals surface area contributed by atoms with Gasteiger partial charge in [-0.15, -0.1) is 0 Å². The highest BCUT2D eigenvalue weighted by Crippen LogP contribution is 2.28. The summed E-state index contributed by atoms with van der Waals surface area (Å²) in [6.07, 6.45) is -1.33. The highest BCUT2D eigenvalue weighted by atomic mass is 19.4. The number of anilines is 1. The zero-order valence-electron chi connectivity index (χ0n) is 15.7. The molecule has 2 fully saturated rings. The van der Waals surface area contributed by atoms with E-state index in [0.29, 0.717) is 18.8 Å². The fraction of sp³-hybridized carbons (Fsp3) is 0.778. The van der Waals surface area contributed by atoms with Gasteiger partial charge in [-0.05, 0) is 31.6 Å². The van der Waals surface area contributed by atoms with Gasteiger partial charge < -0.3 is 25.6 Å². The first-order chi connectivity index (χ1) is 13.2. The lowest BCUT2D eigenvalue weighted by Gasteiger charge is -2.39. The van der Waals surface area contributed by atoms with Gasteiger partial charge in [-0.2, -0.15) is 13.2 Å². The molecular formula is C18H27F3N4O3. The molecule has 4 N–H and O–H groups in total. The Morgan fingerprint density at radius 2 is 1.86 bits per heavy atom. The Kier molecular flexibility index (Phi) is 6.74. The number of nitrogens with zero attached hydrogens (tertiary/aromatic N) is 2. The molecule has 3 rings (SSSR count). The number of halogens is 3. The minimum Gasteiger partial charge on any atom is -0.388 e. The van der Waals surface area contributed by atoms with Crippen LogP contribution in [0.1, 0.15) is 38.3 Å². The number of alkyl halides is 3. The van der Waals surface area contributed by atoms with Crippen LogP contribution >= 0.6 is 0 Å². The van der Waals surface area contributed by atoms with Crippen molar-refractivity contribution >= 4 is 5.82 Å². The lowest BCUT2D eigenvalue weighted by molar-refractivity contribution is -0.141. The van der Waals surface area contributed by atoms with Crippen LogP contribution in [0, 0.1) is 5.92 Å². The van der Waals surface area contributed by atoms with Gasteiger partial charge in [-0.25, -0.2) is 4.98 Å². The molecule has 1 aromatic heterocycles. The number of aromatic nitrogens is 2. The van der Waals surface area contributed by atoms with E-state index >= 15 is 0 Å². The molecule has 0 bridgehead atoms. The van der Waals surface area contributed by atoms with Crippen LogP contribution in [-0.2, 0) is 10.9 Å². The lowest BCUT2D eigenvalue weighted by Crippen LogP contribution is -2.58. The summed E-state index contributed by atoms with van der Waals surface area (Å²) >= 11 is 0. The summed E-state index contributed by atoms with van der Waals surface area (Å²) in [7, 11) is 0. The van der Waals surface area contributed by atoms with Gasteiger partial charge in [0.15, 0.2) is 5.69 Å². The Labute approximate surface area is 161 Å². The number of hydrogen-bond donors (Lipinski definition) is 4. The van der Waals surface area contributed by atoms with Crippen molar-refractivity contribution in [2.45, 2.75) is 69.2 Å². The summed E-state index contributed by atoms with van der Waals surface area (Å²) in [6, 6.07) is -0.417. The molecule has 0 aromatic carbocycles. The third kappa shape index (κ3) is 5.31. The summed E-state index contributed by atoms with van der Waals surface area (Å²) in [4.78, 5) is 6.98. The number of nitrogens with one attached hydrogen (secondary N) is 2. The van der Waals surface area contributed by atoms with Crippen LogP contribution in [0.5, 0.6) is 0 Å². The van der Waals surface area contributed by atoms with Crippen LogP contribution in [0.3, 0.4) is 0 Å². The molecule has 1 aromatic rings. The van der Waals surface area contributed by atoms with Crippen LogP contribution in [0.4, 0.5) is 19.0 Å². The van der Waals surface area contributed by atoms with Crippen molar-refractivity contribution in [2.75, 3.05) is 18.5 Å². The number of aliphatic hydroxyl groups is 2. The monoisotopic (exact) mass is 404 g/mol. The van der Waals surface area contributed by atoms with Crippen molar-refractivity contribution in [3.05, 3.63) is 18.1 Å². The van der Waals surface area contributed by atoms with Crippen LogP contribution in [0.15, 0.2) is 12.4 Å². The van der Waals surface area contributed by atoms with Gasteiger partial charge in [-0.3, -0.25) is 4.98 Å². The van der Waals surface area contributed by atoms with E-state index in [2.05, 4.69) is 27.5 Å². The van der Waals surface area contributed by atoms with Crippen molar-refractivity contribution in [3.8, 4) is 0 Å². The van der Waals surface area contributed by atoms with Crippen LogP contribution in [0.25, 0.3) is 0 Å². The van der Waals surface area contributed by atoms with E-state index in [-0.39, 0.29) is 12.4 Å². The van der Waals surface area contributed by atoms with Gasteiger partial charge in [0.05, 0.1) is 31.1 Å². The molecule has 1 aliphatic heterocycles. The molecule has 2 aliphatic rings. The quantitative estimate of drug-likeness (QED) is 0.591. The smallest absolute Gasteiger partial charge is 0.388 e. The average Bonchev–Trinajstić information content (AvgIpc) is 2.66. The van der Waals surface area contributed by atoms with Crippen LogP contribution < -0.4 is 10.6 Å².